The Morgan fingerprint density at radius 1 is 1.42 bits per heavy atom. The van der Waals surface area contributed by atoms with Gasteiger partial charge in [0.15, 0.2) is 0 Å². The highest BCUT2D eigenvalue weighted by molar-refractivity contribution is 7.91. The van der Waals surface area contributed by atoms with Crippen molar-refractivity contribution in [3.63, 3.8) is 0 Å². The fraction of sp³-hybridized carbons (Fsp3) is 0.667. The van der Waals surface area contributed by atoms with E-state index in [2.05, 4.69) is 12.2 Å². The van der Waals surface area contributed by atoms with Gasteiger partial charge in [-0.1, -0.05) is 6.92 Å². The fourth-order valence-electron chi connectivity index (χ4n) is 1.90. The summed E-state index contributed by atoms with van der Waals surface area (Å²) in [4.78, 5) is 0. The van der Waals surface area contributed by atoms with Crippen LogP contribution in [0.25, 0.3) is 0 Å². The highest BCUT2D eigenvalue weighted by Gasteiger charge is 2.27. The molecule has 1 fully saturated rings. The van der Waals surface area contributed by atoms with Gasteiger partial charge in [0.25, 0.3) is 10.0 Å². The summed E-state index contributed by atoms with van der Waals surface area (Å²) >= 11 is 1.30. The first kappa shape index (κ1) is 14.9. The number of nitrogens with one attached hydrogen (secondary N) is 1. The molecular weight excluding hydrogens is 284 g/mol. The zero-order valence-electron chi connectivity index (χ0n) is 11.1. The first-order valence-electron chi connectivity index (χ1n) is 6.50. The third-order valence-electron chi connectivity index (χ3n) is 2.95. The van der Waals surface area contributed by atoms with E-state index in [-0.39, 0.29) is 0 Å². The molecule has 1 N–H and O–H groups in total. The third kappa shape index (κ3) is 3.76. The van der Waals surface area contributed by atoms with E-state index in [0.29, 0.717) is 30.5 Å². The van der Waals surface area contributed by atoms with Crippen LogP contribution >= 0.6 is 11.3 Å². The molecule has 0 bridgehead atoms. The monoisotopic (exact) mass is 304 g/mol. The molecule has 0 unspecified atom stereocenters. The van der Waals surface area contributed by atoms with Gasteiger partial charge in [0, 0.05) is 19.6 Å². The molecule has 0 aliphatic carbocycles. The largest absolute Gasteiger partial charge is 0.379 e. The molecule has 19 heavy (non-hydrogen) atoms. The molecule has 0 spiro atoms. The number of rotatable bonds is 6. The maximum Gasteiger partial charge on any atom is 0.252 e. The van der Waals surface area contributed by atoms with E-state index < -0.39 is 10.0 Å². The molecule has 0 radical (unpaired) electrons. The number of sulfonamides is 1. The number of nitrogens with zero attached hydrogens (tertiary/aromatic N) is 1. The highest BCUT2D eigenvalue weighted by Crippen LogP contribution is 2.24. The van der Waals surface area contributed by atoms with Crippen LogP contribution in [0.4, 0.5) is 0 Å². The average Bonchev–Trinajstić information content (AvgIpc) is 2.90. The molecule has 108 valence electrons. The number of morpholine rings is 1. The molecule has 2 rings (SSSR count). The molecule has 1 aromatic heterocycles. The standard InChI is InChI=1S/C12H20N2O3S2/c1-2-3-13-9-11-8-12(18-10-11)19(15,16)14-4-6-17-7-5-14/h8,10,13H,2-7,9H2,1H3. The SMILES string of the molecule is CCCNCc1csc(S(=O)(=O)N2CCOCC2)c1. The summed E-state index contributed by atoms with van der Waals surface area (Å²) in [5, 5.41) is 5.19. The summed E-state index contributed by atoms with van der Waals surface area (Å²) < 4.78 is 31.9. The van der Waals surface area contributed by atoms with Gasteiger partial charge >= 0.3 is 0 Å². The first-order valence-corrected chi connectivity index (χ1v) is 8.82. The molecule has 7 heteroatoms. The number of hydrogen-bond donors (Lipinski definition) is 1. The van der Waals surface area contributed by atoms with Gasteiger partial charge < -0.3 is 10.1 Å². The highest BCUT2D eigenvalue weighted by atomic mass is 32.2. The lowest BCUT2D eigenvalue weighted by atomic mass is 10.3. The van der Waals surface area contributed by atoms with Crippen LogP contribution in [0.2, 0.25) is 0 Å². The van der Waals surface area contributed by atoms with Crippen LogP contribution in [0, 0.1) is 0 Å². The van der Waals surface area contributed by atoms with Crippen molar-refractivity contribution < 1.29 is 13.2 Å². The Bertz CT molecular complexity index is 493. The average molecular weight is 304 g/mol. The Morgan fingerprint density at radius 2 is 2.16 bits per heavy atom. The molecule has 0 amide bonds. The van der Waals surface area contributed by atoms with Gasteiger partial charge in [-0.3, -0.25) is 0 Å². The van der Waals surface area contributed by atoms with E-state index >= 15 is 0 Å². The fourth-order valence-corrected chi connectivity index (χ4v) is 4.67. The van der Waals surface area contributed by atoms with Crippen molar-refractivity contribution in [2.24, 2.45) is 0 Å². The second kappa shape index (κ2) is 6.81. The van der Waals surface area contributed by atoms with Crippen molar-refractivity contribution in [1.82, 2.24) is 9.62 Å². The van der Waals surface area contributed by atoms with Crippen molar-refractivity contribution in [3.05, 3.63) is 17.0 Å². The lowest BCUT2D eigenvalue weighted by molar-refractivity contribution is 0.0731. The van der Waals surface area contributed by atoms with E-state index in [1.165, 1.54) is 15.6 Å². The van der Waals surface area contributed by atoms with Crippen LogP contribution in [-0.2, 0) is 21.3 Å². The van der Waals surface area contributed by atoms with Gasteiger partial charge in [-0.15, -0.1) is 11.3 Å². The smallest absolute Gasteiger partial charge is 0.252 e. The molecule has 1 aliphatic heterocycles. The number of thiophene rings is 1. The van der Waals surface area contributed by atoms with Gasteiger partial charge in [0.05, 0.1) is 13.2 Å². The van der Waals surface area contributed by atoms with Crippen LogP contribution < -0.4 is 5.32 Å². The minimum atomic E-state index is -3.33. The maximum absolute atomic E-state index is 12.4. The quantitative estimate of drug-likeness (QED) is 0.804. The molecule has 5 nitrogen and oxygen atoms in total. The lowest BCUT2D eigenvalue weighted by Crippen LogP contribution is -2.40. The molecular formula is C12H20N2O3S2. The van der Waals surface area contributed by atoms with E-state index in [1.807, 2.05) is 5.38 Å². The summed E-state index contributed by atoms with van der Waals surface area (Å²) in [6.07, 6.45) is 1.07. The maximum atomic E-state index is 12.4. The topological polar surface area (TPSA) is 58.6 Å². The Morgan fingerprint density at radius 3 is 2.84 bits per heavy atom. The van der Waals surface area contributed by atoms with Crippen molar-refractivity contribution >= 4 is 21.4 Å². The van der Waals surface area contributed by atoms with E-state index in [9.17, 15) is 8.42 Å². The molecule has 1 aromatic rings. The molecule has 2 heterocycles. The van der Waals surface area contributed by atoms with Crippen LogP contribution in [0.15, 0.2) is 15.7 Å². The molecule has 1 saturated heterocycles. The summed E-state index contributed by atoms with van der Waals surface area (Å²) in [6.45, 7) is 5.64. The van der Waals surface area contributed by atoms with E-state index in [0.717, 1.165) is 25.1 Å². The lowest BCUT2D eigenvalue weighted by Gasteiger charge is -2.25. The predicted octanol–water partition coefficient (Wildman–Crippen LogP) is 1.27. The van der Waals surface area contributed by atoms with Crippen molar-refractivity contribution in [2.75, 3.05) is 32.8 Å². The molecule has 0 saturated carbocycles. The minimum absolute atomic E-state index is 0.433. The van der Waals surface area contributed by atoms with Gasteiger partial charge in [-0.2, -0.15) is 4.31 Å². The second-order valence-electron chi connectivity index (χ2n) is 4.47. The number of hydrogen-bond acceptors (Lipinski definition) is 5. The summed E-state index contributed by atoms with van der Waals surface area (Å²) in [6, 6.07) is 1.78. The summed E-state index contributed by atoms with van der Waals surface area (Å²) in [5.41, 5.74) is 1.03. The minimum Gasteiger partial charge on any atom is -0.379 e. The van der Waals surface area contributed by atoms with Crippen molar-refractivity contribution in [3.8, 4) is 0 Å². The first-order chi connectivity index (χ1) is 9.14. The third-order valence-corrected chi connectivity index (χ3v) is 6.31. The van der Waals surface area contributed by atoms with E-state index in [1.54, 1.807) is 6.07 Å². The van der Waals surface area contributed by atoms with Crippen LogP contribution in [0.3, 0.4) is 0 Å². The Kier molecular flexibility index (Phi) is 5.35. The van der Waals surface area contributed by atoms with Crippen molar-refractivity contribution in [1.29, 1.82) is 0 Å². The zero-order valence-corrected chi connectivity index (χ0v) is 12.7. The van der Waals surface area contributed by atoms with Gasteiger partial charge in [0.2, 0.25) is 0 Å². The van der Waals surface area contributed by atoms with Crippen LogP contribution in [0.5, 0.6) is 0 Å². The summed E-state index contributed by atoms with van der Waals surface area (Å²) in [7, 11) is -3.33. The molecule has 0 aromatic carbocycles. The summed E-state index contributed by atoms with van der Waals surface area (Å²) in [5.74, 6) is 0. The van der Waals surface area contributed by atoms with E-state index in [4.69, 9.17) is 4.74 Å². The Balaban J connectivity index is 2.03. The second-order valence-corrected chi connectivity index (χ2v) is 7.54. The van der Waals surface area contributed by atoms with Crippen LogP contribution in [-0.4, -0.2) is 45.6 Å². The Labute approximate surface area is 118 Å². The molecule has 1 aliphatic rings. The molecule has 0 atom stereocenters. The predicted molar refractivity (Wildman–Crippen MR) is 75.9 cm³/mol. The number of ether oxygens (including phenoxy) is 1. The van der Waals surface area contributed by atoms with Crippen molar-refractivity contribution in [2.45, 2.75) is 24.1 Å². The van der Waals surface area contributed by atoms with Gasteiger partial charge in [-0.05, 0) is 30.0 Å². The normalized spacial score (nSPS) is 17.7. The van der Waals surface area contributed by atoms with Crippen LogP contribution in [0.1, 0.15) is 18.9 Å². The van der Waals surface area contributed by atoms with Gasteiger partial charge in [0.1, 0.15) is 4.21 Å². The zero-order chi connectivity index (χ0) is 13.7. The van der Waals surface area contributed by atoms with Gasteiger partial charge in [-0.25, -0.2) is 8.42 Å². The Hall–Kier alpha value is -0.470.